The van der Waals surface area contributed by atoms with Crippen LogP contribution in [0.3, 0.4) is 0 Å². The zero-order valence-corrected chi connectivity index (χ0v) is 9.03. The first-order valence-electron chi connectivity index (χ1n) is 3.75. The molecule has 2 nitrogen and oxygen atoms in total. The average molecular weight is 252 g/mol. The third-order valence-electron chi connectivity index (χ3n) is 1.69. The normalized spacial score (nSPS) is 10.9. The Kier molecular flexibility index (Phi) is 3.38. The van der Waals surface area contributed by atoms with Gasteiger partial charge in [0.1, 0.15) is 11.8 Å². The highest BCUT2D eigenvalue weighted by Crippen LogP contribution is 2.40. The van der Waals surface area contributed by atoms with Crippen molar-refractivity contribution in [1.29, 1.82) is 5.26 Å². The van der Waals surface area contributed by atoms with Crippen molar-refractivity contribution in [2.24, 2.45) is 0 Å². The summed E-state index contributed by atoms with van der Waals surface area (Å²) in [4.78, 5) is 0. The summed E-state index contributed by atoms with van der Waals surface area (Å²) < 4.78 is 31.0. The minimum absolute atomic E-state index is 0.0192. The first-order chi connectivity index (χ1) is 6.92. The molecule has 1 aromatic rings. The van der Waals surface area contributed by atoms with Gasteiger partial charge in [-0.2, -0.15) is 14.0 Å². The van der Waals surface area contributed by atoms with Gasteiger partial charge in [0, 0.05) is 5.02 Å². The molecule has 1 rings (SSSR count). The predicted molar refractivity (Wildman–Crippen MR) is 52.5 cm³/mol. The molecule has 0 spiro atoms. The van der Waals surface area contributed by atoms with E-state index in [0.29, 0.717) is 0 Å². The van der Waals surface area contributed by atoms with E-state index in [9.17, 15) is 8.78 Å². The van der Waals surface area contributed by atoms with Gasteiger partial charge in [-0.25, -0.2) is 0 Å². The fraction of sp³-hybridized carbons (Fsp3) is 0.222. The van der Waals surface area contributed by atoms with Crippen molar-refractivity contribution in [3.05, 3.63) is 27.7 Å². The third-order valence-corrected chi connectivity index (χ3v) is 2.19. The lowest BCUT2D eigenvalue weighted by Gasteiger charge is -2.14. The van der Waals surface area contributed by atoms with Crippen LogP contribution in [-0.4, -0.2) is 7.11 Å². The molecule has 0 fully saturated rings. The molecule has 0 aliphatic heterocycles. The number of benzene rings is 1. The molecule has 6 heteroatoms. The lowest BCUT2D eigenvalue weighted by atomic mass is 10.1. The summed E-state index contributed by atoms with van der Waals surface area (Å²) in [6, 6.07) is 3.07. The second-order valence-corrected chi connectivity index (χ2v) is 3.50. The van der Waals surface area contributed by atoms with Crippen LogP contribution in [0.5, 0.6) is 5.75 Å². The Morgan fingerprint density at radius 3 is 2.47 bits per heavy atom. The Hall–Kier alpha value is -1.05. The molecule has 0 heterocycles. The van der Waals surface area contributed by atoms with Crippen LogP contribution in [0.25, 0.3) is 0 Å². The van der Waals surface area contributed by atoms with Gasteiger partial charge < -0.3 is 4.74 Å². The van der Waals surface area contributed by atoms with E-state index in [1.165, 1.54) is 13.2 Å². The molecule has 0 aliphatic carbocycles. The average Bonchev–Trinajstić information content (AvgIpc) is 2.16. The highest BCUT2D eigenvalue weighted by atomic mass is 35.5. The summed E-state index contributed by atoms with van der Waals surface area (Å²) in [7, 11) is 1.19. The molecule has 0 bridgehead atoms. The molecule has 0 aromatic heterocycles. The standard InChI is InChI=1S/C9H5Cl2F2NO/c1-15-8-6(9(12,13)4-14)2-5(10)3-7(8)11/h2-3H,1H3. The van der Waals surface area contributed by atoms with Gasteiger partial charge in [-0.3, -0.25) is 0 Å². The summed E-state index contributed by atoms with van der Waals surface area (Å²) in [5.41, 5.74) is -0.634. The van der Waals surface area contributed by atoms with Gasteiger partial charge in [0.25, 0.3) is 0 Å². The van der Waals surface area contributed by atoms with Crippen molar-refractivity contribution < 1.29 is 13.5 Å². The van der Waals surface area contributed by atoms with Crippen LogP contribution < -0.4 is 4.74 Å². The molecule has 0 amide bonds. The van der Waals surface area contributed by atoms with Crippen molar-refractivity contribution in [2.75, 3.05) is 7.11 Å². The largest absolute Gasteiger partial charge is 0.495 e. The van der Waals surface area contributed by atoms with Crippen molar-refractivity contribution in [2.45, 2.75) is 5.92 Å². The predicted octanol–water partition coefficient (Wildman–Crippen LogP) is 3.62. The lowest BCUT2D eigenvalue weighted by molar-refractivity contribution is 0.0584. The number of rotatable bonds is 2. The smallest absolute Gasteiger partial charge is 0.361 e. The van der Waals surface area contributed by atoms with Crippen LogP contribution in [0.4, 0.5) is 8.78 Å². The molecule has 80 valence electrons. The summed E-state index contributed by atoms with van der Waals surface area (Å²) in [6.07, 6.45) is 0. The number of hydrogen-bond donors (Lipinski definition) is 0. The highest BCUT2D eigenvalue weighted by Gasteiger charge is 2.36. The van der Waals surface area contributed by atoms with E-state index in [0.717, 1.165) is 12.1 Å². The number of halogens is 4. The SMILES string of the molecule is COc1c(Cl)cc(Cl)cc1C(F)(F)C#N. The molecule has 0 atom stereocenters. The van der Waals surface area contributed by atoms with Crippen LogP contribution in [0.2, 0.25) is 10.0 Å². The number of ether oxygens (including phenoxy) is 1. The molecule has 0 saturated heterocycles. The summed E-state index contributed by atoms with van der Waals surface area (Å²) in [6.45, 7) is 0. The van der Waals surface area contributed by atoms with E-state index in [1.807, 2.05) is 0 Å². The second kappa shape index (κ2) is 4.21. The molecule has 1 aromatic carbocycles. The zero-order valence-electron chi connectivity index (χ0n) is 7.52. The Labute approximate surface area is 95.0 Å². The maximum atomic E-state index is 13.1. The Bertz CT molecular complexity index is 429. The number of hydrogen-bond acceptors (Lipinski definition) is 2. The van der Waals surface area contributed by atoms with E-state index in [2.05, 4.69) is 0 Å². The van der Waals surface area contributed by atoms with E-state index in [-0.39, 0.29) is 15.8 Å². The van der Waals surface area contributed by atoms with Crippen LogP contribution in [0.15, 0.2) is 12.1 Å². The first-order valence-corrected chi connectivity index (χ1v) is 4.50. The summed E-state index contributed by atoms with van der Waals surface area (Å²) in [5, 5.41) is 8.27. The first kappa shape index (κ1) is 12.0. The van der Waals surface area contributed by atoms with E-state index in [1.54, 1.807) is 0 Å². The fourth-order valence-electron chi connectivity index (χ4n) is 1.06. The minimum Gasteiger partial charge on any atom is -0.495 e. The van der Waals surface area contributed by atoms with Gasteiger partial charge in [-0.05, 0) is 12.1 Å². The van der Waals surface area contributed by atoms with E-state index in [4.69, 9.17) is 33.2 Å². The molecule has 0 radical (unpaired) electrons. The topological polar surface area (TPSA) is 33.0 Å². The van der Waals surface area contributed by atoms with Gasteiger partial charge in [0.15, 0.2) is 0 Å². The molecular weight excluding hydrogens is 247 g/mol. The van der Waals surface area contributed by atoms with Crippen LogP contribution >= 0.6 is 23.2 Å². The molecular formula is C9H5Cl2F2NO. The molecule has 0 aliphatic rings. The lowest BCUT2D eigenvalue weighted by Crippen LogP contribution is -2.11. The van der Waals surface area contributed by atoms with Gasteiger partial charge in [-0.1, -0.05) is 23.2 Å². The van der Waals surface area contributed by atoms with Gasteiger partial charge >= 0.3 is 5.92 Å². The number of methoxy groups -OCH3 is 1. The third kappa shape index (κ3) is 2.31. The monoisotopic (exact) mass is 251 g/mol. The van der Waals surface area contributed by atoms with E-state index < -0.39 is 11.5 Å². The number of nitrogens with zero attached hydrogens (tertiary/aromatic N) is 1. The van der Waals surface area contributed by atoms with Gasteiger partial charge in [0.2, 0.25) is 0 Å². The van der Waals surface area contributed by atoms with Gasteiger partial charge in [-0.15, -0.1) is 0 Å². The summed E-state index contributed by atoms with van der Waals surface area (Å²) in [5.74, 6) is -3.92. The van der Waals surface area contributed by atoms with Gasteiger partial charge in [0.05, 0.1) is 17.7 Å². The maximum absolute atomic E-state index is 13.1. The highest BCUT2D eigenvalue weighted by molar-refractivity contribution is 6.35. The van der Waals surface area contributed by atoms with E-state index >= 15 is 0 Å². The Morgan fingerprint density at radius 1 is 1.40 bits per heavy atom. The van der Waals surface area contributed by atoms with Crippen LogP contribution in [0, 0.1) is 11.3 Å². The quantitative estimate of drug-likeness (QED) is 0.805. The zero-order chi connectivity index (χ0) is 11.6. The molecule has 0 N–H and O–H groups in total. The maximum Gasteiger partial charge on any atom is 0.361 e. The minimum atomic E-state index is -3.68. The number of nitriles is 1. The molecule has 0 unspecified atom stereocenters. The fourth-order valence-corrected chi connectivity index (χ4v) is 1.63. The Balaban J connectivity index is 3.47. The number of alkyl halides is 2. The van der Waals surface area contributed by atoms with Crippen LogP contribution in [0.1, 0.15) is 5.56 Å². The van der Waals surface area contributed by atoms with Crippen molar-refractivity contribution in [3.63, 3.8) is 0 Å². The van der Waals surface area contributed by atoms with Crippen LogP contribution in [-0.2, 0) is 5.92 Å². The Morgan fingerprint density at radius 2 is 2.00 bits per heavy atom. The van der Waals surface area contributed by atoms with Crippen molar-refractivity contribution in [3.8, 4) is 11.8 Å². The summed E-state index contributed by atoms with van der Waals surface area (Å²) >= 11 is 11.2. The van der Waals surface area contributed by atoms with Crippen molar-refractivity contribution >= 4 is 23.2 Å². The van der Waals surface area contributed by atoms with Crippen molar-refractivity contribution in [1.82, 2.24) is 0 Å². The molecule has 15 heavy (non-hydrogen) atoms. The molecule has 0 saturated carbocycles. The second-order valence-electron chi connectivity index (χ2n) is 2.65.